The van der Waals surface area contributed by atoms with Crippen LogP contribution in [-0.2, 0) is 32.5 Å². The van der Waals surface area contributed by atoms with E-state index in [1.54, 1.807) is 20.8 Å². The first-order chi connectivity index (χ1) is 18.8. The third-order valence-electron chi connectivity index (χ3n) is 6.25. The maximum absolute atomic E-state index is 15.1. The Balaban J connectivity index is 1.83. The monoisotopic (exact) mass is 604 g/mol. The van der Waals surface area contributed by atoms with E-state index in [1.165, 1.54) is 19.1 Å². The number of sulfone groups is 1. The Morgan fingerprint density at radius 2 is 2.00 bits per heavy atom. The molecule has 0 unspecified atom stereocenters. The Labute approximate surface area is 236 Å². The van der Waals surface area contributed by atoms with Gasteiger partial charge in [0.15, 0.2) is 0 Å². The molecule has 3 heterocycles. The number of nitrogens with zero attached hydrogens (tertiary/aromatic N) is 2. The Morgan fingerprint density at radius 3 is 2.65 bits per heavy atom. The molecule has 5 rings (SSSR count). The second kappa shape index (κ2) is 9.81. The van der Waals surface area contributed by atoms with Crippen LogP contribution in [0.1, 0.15) is 44.4 Å². The fourth-order valence-corrected chi connectivity index (χ4v) is 6.73. The van der Waals surface area contributed by atoms with Crippen molar-refractivity contribution >= 4 is 64.9 Å². The smallest absolute Gasteiger partial charge is 0.412 e. The summed E-state index contributed by atoms with van der Waals surface area (Å²) in [6, 6.07) is 4.68. The van der Waals surface area contributed by atoms with Crippen molar-refractivity contribution in [1.82, 2.24) is 9.97 Å². The number of thiophene rings is 1. The number of anilines is 1. The quantitative estimate of drug-likeness (QED) is 0.284. The molecule has 1 aliphatic rings. The van der Waals surface area contributed by atoms with Crippen LogP contribution in [0.15, 0.2) is 22.1 Å². The van der Waals surface area contributed by atoms with E-state index in [0.717, 1.165) is 11.3 Å². The molecule has 1 amide bonds. The average molecular weight is 605 g/mol. The lowest BCUT2D eigenvalue weighted by Gasteiger charge is -2.19. The van der Waals surface area contributed by atoms with Crippen molar-refractivity contribution < 1.29 is 27.1 Å². The van der Waals surface area contributed by atoms with Gasteiger partial charge in [-0.15, -0.1) is 11.3 Å². The third kappa shape index (κ3) is 4.60. The molecule has 0 atom stereocenters. The number of carbonyl (C=O) groups excluding carboxylic acids is 1. The fourth-order valence-electron chi connectivity index (χ4n) is 4.55. The zero-order valence-corrected chi connectivity index (χ0v) is 24.1. The zero-order valence-electron chi connectivity index (χ0n) is 21.7. The Morgan fingerprint density at radius 1 is 1.30 bits per heavy atom. The van der Waals surface area contributed by atoms with E-state index in [-0.39, 0.29) is 55.5 Å². The summed E-state index contributed by atoms with van der Waals surface area (Å²) < 4.78 is 51.2. The number of nitrogens with one attached hydrogen (secondary N) is 2. The predicted molar refractivity (Wildman–Crippen MR) is 149 cm³/mol. The molecule has 0 radical (unpaired) electrons. The van der Waals surface area contributed by atoms with Crippen molar-refractivity contribution in [2.45, 2.75) is 51.7 Å². The number of benzene rings is 2. The molecule has 2 aromatic carbocycles. The van der Waals surface area contributed by atoms with Gasteiger partial charge in [-0.3, -0.25) is 15.1 Å². The highest BCUT2D eigenvalue weighted by molar-refractivity contribution is 7.91. The number of hydrogen-bond donors (Lipinski definition) is 2. The summed E-state index contributed by atoms with van der Waals surface area (Å²) in [4.78, 5) is 32.1. The molecule has 2 aromatic heterocycles. The van der Waals surface area contributed by atoms with Crippen molar-refractivity contribution in [3.63, 3.8) is 0 Å². The molecule has 208 valence electrons. The third-order valence-corrected chi connectivity index (χ3v) is 9.27. The molecule has 40 heavy (non-hydrogen) atoms. The van der Waals surface area contributed by atoms with E-state index in [1.807, 2.05) is 6.07 Å². The zero-order chi connectivity index (χ0) is 29.1. The van der Waals surface area contributed by atoms with E-state index in [2.05, 4.69) is 15.3 Å². The van der Waals surface area contributed by atoms with Crippen molar-refractivity contribution in [3.05, 3.63) is 50.0 Å². The molecule has 4 aromatic rings. The number of aromatic amines is 1. The van der Waals surface area contributed by atoms with E-state index in [0.29, 0.717) is 22.3 Å². The number of ether oxygens (including phenoxy) is 2. The van der Waals surface area contributed by atoms with Crippen LogP contribution in [0, 0.1) is 17.1 Å². The Hall–Kier alpha value is -3.57. The summed E-state index contributed by atoms with van der Waals surface area (Å²) >= 11 is 7.73. The first kappa shape index (κ1) is 28.0. The first-order valence-corrected chi connectivity index (χ1v) is 14.8. The van der Waals surface area contributed by atoms with E-state index < -0.39 is 38.1 Å². The Kier molecular flexibility index (Phi) is 6.86. The number of rotatable bonds is 4. The number of hydrogen-bond acceptors (Lipinski definition) is 9. The van der Waals surface area contributed by atoms with Crippen molar-refractivity contribution in [2.75, 3.05) is 11.1 Å². The highest BCUT2D eigenvalue weighted by atomic mass is 35.5. The maximum Gasteiger partial charge on any atom is 0.412 e. The van der Waals surface area contributed by atoms with Crippen LogP contribution >= 0.6 is 22.9 Å². The van der Waals surface area contributed by atoms with Crippen LogP contribution in [-0.4, -0.2) is 35.8 Å². The normalized spacial score (nSPS) is 13.4. The second-order valence-corrected chi connectivity index (χ2v) is 13.6. The summed E-state index contributed by atoms with van der Waals surface area (Å²) in [5, 5.41) is 12.4. The summed E-state index contributed by atoms with van der Waals surface area (Å²) in [7, 11) is -3.89. The molecule has 0 bridgehead atoms. The van der Waals surface area contributed by atoms with Gasteiger partial charge < -0.3 is 9.47 Å². The fraction of sp³-hybridized carbons (Fsp3) is 0.308. The molecule has 0 saturated carbocycles. The minimum Gasteiger partial charge on any atom is -0.444 e. The number of carbonyl (C=O) groups is 1. The topological polar surface area (TPSA) is 151 Å². The molecular formula is C26H22ClFN4O6S2. The molecule has 0 fully saturated rings. The van der Waals surface area contributed by atoms with E-state index in [9.17, 15) is 23.3 Å². The number of H-pyrrole nitrogens is 1. The highest BCUT2D eigenvalue weighted by Gasteiger charge is 2.31. The van der Waals surface area contributed by atoms with E-state index >= 15 is 4.39 Å². The molecular weight excluding hydrogens is 583 g/mol. The summed E-state index contributed by atoms with van der Waals surface area (Å²) in [5.74, 6) is -0.930. The van der Waals surface area contributed by atoms with Gasteiger partial charge in [-0.1, -0.05) is 24.6 Å². The van der Waals surface area contributed by atoms with Gasteiger partial charge in [-0.05, 0) is 43.5 Å². The van der Waals surface area contributed by atoms with Crippen LogP contribution in [0.5, 0.6) is 0 Å². The molecule has 1 aliphatic heterocycles. The molecule has 14 heteroatoms. The van der Waals surface area contributed by atoms with Crippen LogP contribution < -0.4 is 10.9 Å². The Bertz CT molecular complexity index is 1950. The first-order valence-electron chi connectivity index (χ1n) is 12.0. The van der Waals surface area contributed by atoms with Crippen LogP contribution in [0.4, 0.5) is 14.2 Å². The van der Waals surface area contributed by atoms with Crippen molar-refractivity contribution in [2.24, 2.45) is 0 Å². The number of aromatic nitrogens is 2. The molecule has 0 aliphatic carbocycles. The average Bonchev–Trinajstić information content (AvgIpc) is 3.49. The summed E-state index contributed by atoms with van der Waals surface area (Å²) in [6.45, 7) is 6.55. The van der Waals surface area contributed by atoms with Gasteiger partial charge in [0.25, 0.3) is 5.56 Å². The lowest BCUT2D eigenvalue weighted by atomic mass is 9.91. The molecule has 0 saturated heterocycles. The molecule has 0 spiro atoms. The van der Waals surface area contributed by atoms with Gasteiger partial charge in [-0.25, -0.2) is 22.6 Å². The van der Waals surface area contributed by atoms with E-state index in [4.69, 9.17) is 21.1 Å². The predicted octanol–water partition coefficient (Wildman–Crippen LogP) is 5.64. The van der Waals surface area contributed by atoms with Gasteiger partial charge in [0.1, 0.15) is 22.5 Å². The van der Waals surface area contributed by atoms with Gasteiger partial charge >= 0.3 is 6.09 Å². The van der Waals surface area contributed by atoms with Crippen LogP contribution in [0.2, 0.25) is 5.02 Å². The standard InChI is InChI=1S/C26H22ClFN4O6S2/c1-5-40(35,36)24-30-20-18(22(33)31-24)14-10-37-9-13(14)16(19(20)27)11-6-7-15(28)21-17(11)12(8-29)23(39-21)32-25(34)38-26(2,3)4/h6-7H,5,9-10H2,1-4H3,(H,32,34)(H,30,31,33). The van der Waals surface area contributed by atoms with Crippen LogP contribution in [0.3, 0.4) is 0 Å². The maximum atomic E-state index is 15.1. The van der Waals surface area contributed by atoms with Gasteiger partial charge in [0.2, 0.25) is 15.0 Å². The number of fused-ring (bicyclic) bond motifs is 4. The summed E-state index contributed by atoms with van der Waals surface area (Å²) in [5.41, 5.74) is 0.0705. The largest absolute Gasteiger partial charge is 0.444 e. The lowest BCUT2D eigenvalue weighted by molar-refractivity contribution is 0.0636. The molecule has 2 N–H and O–H groups in total. The minimum atomic E-state index is -3.89. The van der Waals surface area contributed by atoms with Gasteiger partial charge in [-0.2, -0.15) is 5.26 Å². The van der Waals surface area contributed by atoms with Gasteiger partial charge in [0.05, 0.1) is 45.2 Å². The second-order valence-electron chi connectivity index (χ2n) is 9.98. The van der Waals surface area contributed by atoms with Crippen molar-refractivity contribution in [3.8, 4) is 17.2 Å². The molecule has 10 nitrogen and oxygen atoms in total. The lowest BCUT2D eigenvalue weighted by Crippen LogP contribution is -2.27. The number of halogens is 2. The minimum absolute atomic E-state index is 0.0164. The number of nitriles is 1. The van der Waals surface area contributed by atoms with Gasteiger partial charge in [0, 0.05) is 10.9 Å². The van der Waals surface area contributed by atoms with Crippen LogP contribution in [0.25, 0.3) is 32.1 Å². The number of amides is 1. The SMILES string of the molecule is CCS(=O)(=O)c1nc2c(Cl)c(-c3ccc(F)c4sc(NC(=O)OC(C)(C)C)c(C#N)c34)c3c(c2c(=O)[nH]1)COC3. The highest BCUT2D eigenvalue weighted by Crippen LogP contribution is 2.48. The summed E-state index contributed by atoms with van der Waals surface area (Å²) in [6.07, 6.45) is -0.816. The van der Waals surface area contributed by atoms with Crippen molar-refractivity contribution in [1.29, 1.82) is 5.26 Å².